The van der Waals surface area contributed by atoms with E-state index in [1.807, 2.05) is 0 Å². The minimum atomic E-state index is -5.31. The number of rotatable bonds is 9. The van der Waals surface area contributed by atoms with Crippen LogP contribution in [0.15, 0.2) is 84.9 Å². The molecule has 0 aliphatic carbocycles. The molecule has 1 atom stereocenters. The van der Waals surface area contributed by atoms with Gasteiger partial charge in [-0.25, -0.2) is 8.78 Å². The molecular weight excluding hydrogens is 709 g/mol. The monoisotopic (exact) mass is 727 g/mol. The predicted octanol–water partition coefficient (Wildman–Crippen LogP) is 9.09. The summed E-state index contributed by atoms with van der Waals surface area (Å²) >= 11 is 0. The van der Waals surface area contributed by atoms with Gasteiger partial charge in [0.25, 0.3) is 5.91 Å². The number of hydrogen-bond donors (Lipinski definition) is 1. The fourth-order valence-electron chi connectivity index (χ4n) is 5.01. The number of alkyl halides is 11. The van der Waals surface area contributed by atoms with Gasteiger partial charge in [-0.2, -0.15) is 48.3 Å². The summed E-state index contributed by atoms with van der Waals surface area (Å²) in [7, 11) is 0. The average molecular weight is 727 g/mol. The van der Waals surface area contributed by atoms with E-state index in [0.717, 1.165) is 6.07 Å². The molecule has 4 aromatic rings. The lowest BCUT2D eigenvalue weighted by Gasteiger charge is -2.38. The summed E-state index contributed by atoms with van der Waals surface area (Å²) < 4.78 is 192. The molecule has 0 aromatic heterocycles. The first-order valence-electron chi connectivity index (χ1n) is 13.8. The van der Waals surface area contributed by atoms with Crippen molar-refractivity contribution < 1.29 is 76.1 Å². The van der Waals surface area contributed by atoms with Gasteiger partial charge in [0.2, 0.25) is 0 Å². The lowest BCUT2D eigenvalue weighted by molar-refractivity contribution is -0.391. The maximum atomic E-state index is 15.1. The second-order valence-electron chi connectivity index (χ2n) is 10.8. The lowest BCUT2D eigenvalue weighted by atomic mass is 9.77. The van der Waals surface area contributed by atoms with Crippen molar-refractivity contribution >= 4 is 5.91 Å². The van der Waals surface area contributed by atoms with E-state index in [2.05, 4.69) is 19.5 Å². The summed E-state index contributed by atoms with van der Waals surface area (Å²) in [5, 5.41) is 2.29. The molecule has 0 unspecified atom stereocenters. The van der Waals surface area contributed by atoms with Gasteiger partial charge in [0.15, 0.2) is 11.5 Å². The Morgan fingerprint density at radius 1 is 0.760 bits per heavy atom. The highest BCUT2D eigenvalue weighted by Gasteiger charge is 2.66. The zero-order valence-corrected chi connectivity index (χ0v) is 24.4. The molecule has 5 rings (SSSR count). The average Bonchev–Trinajstić information content (AvgIpc) is 3.00. The number of carbonyl (C=O) groups excluding carboxylic acids is 1. The lowest BCUT2D eigenvalue weighted by Crippen LogP contribution is -2.52. The molecule has 18 heteroatoms. The molecule has 1 aliphatic heterocycles. The minimum Gasteiger partial charge on any atom is -0.428 e. The Balaban J connectivity index is 1.78. The van der Waals surface area contributed by atoms with E-state index in [0.29, 0.717) is 36.4 Å². The predicted molar refractivity (Wildman–Crippen MR) is 145 cm³/mol. The van der Waals surface area contributed by atoms with Crippen molar-refractivity contribution in [2.75, 3.05) is 0 Å². The van der Waals surface area contributed by atoms with Crippen molar-refractivity contribution in [2.45, 2.75) is 42.9 Å². The molecule has 0 saturated carbocycles. The molecule has 1 N–H and O–H groups in total. The summed E-state index contributed by atoms with van der Waals surface area (Å²) in [5.74, 6) is -8.05. The zero-order valence-electron chi connectivity index (χ0n) is 24.4. The Labute approximate surface area is 272 Å². The van der Waals surface area contributed by atoms with Crippen molar-refractivity contribution in [3.63, 3.8) is 0 Å². The molecule has 0 bridgehead atoms. The second kappa shape index (κ2) is 12.6. The van der Waals surface area contributed by atoms with E-state index < -0.39 is 99.9 Å². The molecule has 4 aromatic carbocycles. The molecule has 0 spiro atoms. The molecule has 0 saturated heterocycles. The van der Waals surface area contributed by atoms with Crippen LogP contribution >= 0.6 is 0 Å². The maximum Gasteiger partial charge on any atom is 0.507 e. The quantitative estimate of drug-likeness (QED) is 0.175. The van der Waals surface area contributed by atoms with Crippen LogP contribution in [0.5, 0.6) is 17.2 Å². The van der Waals surface area contributed by atoms with Crippen molar-refractivity contribution in [2.24, 2.45) is 0 Å². The van der Waals surface area contributed by atoms with Crippen LogP contribution in [-0.2, 0) is 18.1 Å². The zero-order chi connectivity index (χ0) is 36.9. The number of hydrogen-bond acceptors (Lipinski definition) is 4. The van der Waals surface area contributed by atoms with Gasteiger partial charge in [0.05, 0.1) is 11.1 Å². The van der Waals surface area contributed by atoms with E-state index in [1.165, 1.54) is 30.3 Å². The fraction of sp³-hybridized carbons (Fsp3) is 0.219. The van der Waals surface area contributed by atoms with Crippen LogP contribution in [0.1, 0.15) is 32.6 Å². The Morgan fingerprint density at radius 2 is 1.40 bits per heavy atom. The fourth-order valence-corrected chi connectivity index (χ4v) is 5.01. The molecular formula is C32H18F13NO4. The van der Waals surface area contributed by atoms with Crippen LogP contribution in [0.2, 0.25) is 0 Å². The first-order chi connectivity index (χ1) is 23.1. The Kier molecular flexibility index (Phi) is 9.12. The number of nitrogens with one attached hydrogen (secondary N) is 1. The molecule has 266 valence electrons. The molecule has 1 aliphatic rings. The highest BCUT2D eigenvalue weighted by Crippen LogP contribution is 2.49. The second-order valence-corrected chi connectivity index (χ2v) is 10.8. The number of halogens is 13. The van der Waals surface area contributed by atoms with Crippen LogP contribution in [0, 0.1) is 11.6 Å². The van der Waals surface area contributed by atoms with Gasteiger partial charge in [0.1, 0.15) is 17.4 Å². The summed E-state index contributed by atoms with van der Waals surface area (Å²) in [4.78, 5) is 13.7. The maximum absolute atomic E-state index is 15.1. The number of ether oxygens (including phenoxy) is 3. The molecule has 0 fully saturated rings. The van der Waals surface area contributed by atoms with Crippen LogP contribution < -0.4 is 19.5 Å². The van der Waals surface area contributed by atoms with E-state index in [1.54, 1.807) is 0 Å². The van der Waals surface area contributed by atoms with Gasteiger partial charge in [0, 0.05) is 18.1 Å². The van der Waals surface area contributed by atoms with E-state index in [4.69, 9.17) is 0 Å². The highest BCUT2D eigenvalue weighted by atomic mass is 19.4. The summed E-state index contributed by atoms with van der Waals surface area (Å²) in [6.07, 6.45) is -26.1. The van der Waals surface area contributed by atoms with Gasteiger partial charge in [-0.15, -0.1) is 0 Å². The summed E-state index contributed by atoms with van der Waals surface area (Å²) in [6.45, 7) is 0. The first kappa shape index (κ1) is 36.1. The summed E-state index contributed by atoms with van der Waals surface area (Å²) in [5.41, 5.74) is -6.25. The Morgan fingerprint density at radius 3 is 2.02 bits per heavy atom. The third-order valence-electron chi connectivity index (χ3n) is 7.30. The first-order valence-corrected chi connectivity index (χ1v) is 13.8. The van der Waals surface area contributed by atoms with Crippen LogP contribution in [0.25, 0.3) is 0 Å². The highest BCUT2D eigenvalue weighted by molar-refractivity contribution is 5.95. The van der Waals surface area contributed by atoms with Crippen LogP contribution in [-0.4, -0.2) is 30.7 Å². The van der Waals surface area contributed by atoms with Gasteiger partial charge < -0.3 is 19.5 Å². The van der Waals surface area contributed by atoms with Crippen molar-refractivity contribution in [3.05, 3.63) is 124 Å². The van der Waals surface area contributed by atoms with Gasteiger partial charge >= 0.3 is 30.9 Å². The minimum absolute atomic E-state index is 0.105. The van der Waals surface area contributed by atoms with Crippen molar-refractivity contribution in [3.8, 4) is 17.2 Å². The molecule has 1 heterocycles. The van der Waals surface area contributed by atoms with Gasteiger partial charge in [-0.1, -0.05) is 36.4 Å². The van der Waals surface area contributed by atoms with Gasteiger partial charge in [-0.3, -0.25) is 4.79 Å². The SMILES string of the molecule is O=C(N[C@@](Cc1ccccc1)(c1cc(F)cc(OC(F)(F)C(F)F)c1)c1ccc2c(c1)OC(F)(F)C(F)(F)O2)c1ccc(F)c(C(F)(F)F)c1. The number of amides is 1. The van der Waals surface area contributed by atoms with Crippen LogP contribution in [0.4, 0.5) is 57.1 Å². The van der Waals surface area contributed by atoms with E-state index in [9.17, 15) is 57.5 Å². The third-order valence-corrected chi connectivity index (χ3v) is 7.30. The smallest absolute Gasteiger partial charge is 0.428 e. The number of carbonyl (C=O) groups is 1. The number of benzene rings is 4. The number of fused-ring (bicyclic) bond motifs is 1. The van der Waals surface area contributed by atoms with Crippen molar-refractivity contribution in [1.29, 1.82) is 0 Å². The normalized spacial score (nSPS) is 16.4. The van der Waals surface area contributed by atoms with Crippen LogP contribution in [0.3, 0.4) is 0 Å². The topological polar surface area (TPSA) is 56.8 Å². The van der Waals surface area contributed by atoms with E-state index in [-0.39, 0.29) is 17.7 Å². The molecule has 50 heavy (non-hydrogen) atoms. The Hall–Kier alpha value is -5.16. The largest absolute Gasteiger partial charge is 0.507 e. The van der Waals surface area contributed by atoms with Gasteiger partial charge in [-0.05, 0) is 59.2 Å². The molecule has 5 nitrogen and oxygen atoms in total. The van der Waals surface area contributed by atoms with E-state index >= 15 is 4.39 Å². The molecule has 1 amide bonds. The van der Waals surface area contributed by atoms with Crippen molar-refractivity contribution in [1.82, 2.24) is 5.32 Å². The third kappa shape index (κ3) is 7.09. The molecule has 0 radical (unpaired) electrons. The summed E-state index contributed by atoms with van der Waals surface area (Å²) in [6, 6.07) is 11.6. The standard InChI is InChI=1S/C32H18F13NO4/c33-20-11-19(12-21(14-20)48-30(40,41)27(35)36)28(15-16-4-2-1-3-5-16,46-26(47)17-6-8-23(34)22(10-17)29(37,38)39)18-7-9-24-25(13-18)50-32(44,45)31(42,43)49-24/h1-14,27H,15H2,(H,46,47)/t28-/m1/s1. The Bertz CT molecular complexity index is 1900.